The molecule has 1 atom stereocenters. The Balaban J connectivity index is 1.82. The molecular weight excluding hydrogens is 292 g/mol. The number of rotatable bonds is 5. The molecule has 7 heteroatoms. The quantitative estimate of drug-likeness (QED) is 0.686. The Bertz CT molecular complexity index is 601. The molecule has 0 spiro atoms. The van der Waals surface area contributed by atoms with Gasteiger partial charge in [-0.15, -0.1) is 0 Å². The first kappa shape index (κ1) is 15.9. The summed E-state index contributed by atoms with van der Waals surface area (Å²) in [6, 6.07) is 7.00. The monoisotopic (exact) mass is 312 g/mol. The van der Waals surface area contributed by atoms with E-state index in [0.717, 1.165) is 11.1 Å². The lowest BCUT2D eigenvalue weighted by Crippen LogP contribution is -2.47. The maximum absolute atomic E-state index is 11.9. The van der Waals surface area contributed by atoms with Crippen molar-refractivity contribution in [3.05, 3.63) is 35.4 Å². The molecule has 1 fully saturated rings. The van der Waals surface area contributed by atoms with Crippen molar-refractivity contribution in [2.45, 2.75) is 25.6 Å². The fraction of sp³-hybridized carbons (Fsp3) is 0.500. The summed E-state index contributed by atoms with van der Waals surface area (Å²) in [5, 5.41) is 14.9. The maximum atomic E-state index is 11.9. The molecule has 1 saturated heterocycles. The number of hydrogen-bond donors (Lipinski definition) is 3. The molecule has 0 bridgehead atoms. The molecule has 1 aliphatic heterocycles. The Kier molecular flexibility index (Phi) is 5.33. The number of benzene rings is 1. The van der Waals surface area contributed by atoms with Gasteiger partial charge >= 0.3 is 0 Å². The van der Waals surface area contributed by atoms with Crippen LogP contribution in [0.5, 0.6) is 0 Å². The van der Waals surface area contributed by atoms with Gasteiger partial charge in [-0.05, 0) is 11.1 Å². The number of amides is 1. The largest absolute Gasteiger partial charge is 0.392 e. The van der Waals surface area contributed by atoms with E-state index >= 15 is 0 Å². The molecule has 0 radical (unpaired) electrons. The Labute approximate surface area is 124 Å². The van der Waals surface area contributed by atoms with Crippen molar-refractivity contribution in [3.63, 3.8) is 0 Å². The molecule has 1 amide bonds. The van der Waals surface area contributed by atoms with Crippen LogP contribution in [0.1, 0.15) is 17.5 Å². The zero-order chi connectivity index (χ0) is 15.3. The molecule has 1 heterocycles. The zero-order valence-corrected chi connectivity index (χ0v) is 12.5. The Morgan fingerprint density at radius 2 is 2.14 bits per heavy atom. The third-order valence-corrected chi connectivity index (χ3v) is 5.13. The van der Waals surface area contributed by atoms with E-state index in [1.54, 1.807) is 0 Å². The Hall–Kier alpha value is -1.44. The lowest BCUT2D eigenvalue weighted by Gasteiger charge is -2.23. The summed E-state index contributed by atoms with van der Waals surface area (Å²) >= 11 is 0. The van der Waals surface area contributed by atoms with Crippen LogP contribution in [0.2, 0.25) is 0 Å². The van der Waals surface area contributed by atoms with Crippen molar-refractivity contribution >= 4 is 15.7 Å². The average molecular weight is 312 g/mol. The van der Waals surface area contributed by atoms with E-state index in [1.165, 1.54) is 0 Å². The summed E-state index contributed by atoms with van der Waals surface area (Å²) in [5.41, 5.74) is 1.70. The van der Waals surface area contributed by atoms with Gasteiger partial charge in [-0.2, -0.15) is 0 Å². The van der Waals surface area contributed by atoms with Crippen LogP contribution in [0.4, 0.5) is 0 Å². The van der Waals surface area contributed by atoms with E-state index in [2.05, 4.69) is 10.6 Å². The molecular formula is C14H20N2O4S. The van der Waals surface area contributed by atoms with Gasteiger partial charge in [-0.3, -0.25) is 4.79 Å². The minimum Gasteiger partial charge on any atom is -0.392 e. The van der Waals surface area contributed by atoms with Crippen LogP contribution in [-0.4, -0.2) is 43.5 Å². The molecule has 6 nitrogen and oxygen atoms in total. The van der Waals surface area contributed by atoms with Gasteiger partial charge in [0.1, 0.15) is 0 Å². The van der Waals surface area contributed by atoms with Crippen molar-refractivity contribution in [2.75, 3.05) is 18.1 Å². The number of hydrogen-bond acceptors (Lipinski definition) is 5. The first-order chi connectivity index (χ1) is 9.98. The van der Waals surface area contributed by atoms with E-state index < -0.39 is 9.84 Å². The molecule has 0 aliphatic carbocycles. The SMILES string of the molecule is O=C(CC1CS(=O)(=O)CCN1)NCc1cccc(CO)c1. The van der Waals surface area contributed by atoms with E-state index in [0.29, 0.717) is 13.1 Å². The summed E-state index contributed by atoms with van der Waals surface area (Å²) in [6.45, 7) is 0.733. The summed E-state index contributed by atoms with van der Waals surface area (Å²) in [4.78, 5) is 11.9. The second kappa shape index (κ2) is 7.02. The fourth-order valence-corrected chi connectivity index (χ4v) is 3.78. The second-order valence-corrected chi connectivity index (χ2v) is 7.45. The minimum absolute atomic E-state index is 0.0143. The van der Waals surface area contributed by atoms with E-state index in [-0.39, 0.29) is 36.5 Å². The Morgan fingerprint density at radius 3 is 2.86 bits per heavy atom. The molecule has 2 rings (SSSR count). The number of nitrogens with one attached hydrogen (secondary N) is 2. The number of aliphatic hydroxyl groups excluding tert-OH is 1. The summed E-state index contributed by atoms with van der Waals surface area (Å²) < 4.78 is 23.0. The van der Waals surface area contributed by atoms with Crippen LogP contribution in [-0.2, 0) is 27.8 Å². The Morgan fingerprint density at radius 1 is 1.38 bits per heavy atom. The fourth-order valence-electron chi connectivity index (χ4n) is 2.33. The number of sulfone groups is 1. The molecule has 116 valence electrons. The molecule has 3 N–H and O–H groups in total. The lowest BCUT2D eigenvalue weighted by atomic mass is 10.1. The molecule has 0 aromatic heterocycles. The van der Waals surface area contributed by atoms with Crippen LogP contribution in [0.25, 0.3) is 0 Å². The van der Waals surface area contributed by atoms with Crippen molar-refractivity contribution in [1.29, 1.82) is 0 Å². The number of carbonyl (C=O) groups excluding carboxylic acids is 1. The van der Waals surface area contributed by atoms with Crippen molar-refractivity contribution in [2.24, 2.45) is 0 Å². The zero-order valence-electron chi connectivity index (χ0n) is 11.7. The third kappa shape index (κ3) is 5.11. The molecule has 1 unspecified atom stereocenters. The van der Waals surface area contributed by atoms with Gasteiger partial charge in [0.25, 0.3) is 0 Å². The summed E-state index contributed by atoms with van der Waals surface area (Å²) in [5.74, 6) is -0.0292. The standard InChI is InChI=1S/C14H20N2O4S/c17-9-12-3-1-2-11(6-12)8-16-14(18)7-13-10-21(19,20)5-4-15-13/h1-3,6,13,15,17H,4-5,7-10H2,(H,16,18). The van der Waals surface area contributed by atoms with Gasteiger partial charge in [-0.1, -0.05) is 24.3 Å². The van der Waals surface area contributed by atoms with Gasteiger partial charge in [0.2, 0.25) is 5.91 Å². The van der Waals surface area contributed by atoms with Gasteiger partial charge in [-0.25, -0.2) is 8.42 Å². The normalized spacial score (nSPS) is 20.9. The van der Waals surface area contributed by atoms with Crippen LogP contribution in [0, 0.1) is 0 Å². The van der Waals surface area contributed by atoms with Crippen molar-refractivity contribution in [1.82, 2.24) is 10.6 Å². The molecule has 21 heavy (non-hydrogen) atoms. The van der Waals surface area contributed by atoms with E-state index in [9.17, 15) is 13.2 Å². The van der Waals surface area contributed by atoms with Gasteiger partial charge in [0, 0.05) is 25.6 Å². The van der Waals surface area contributed by atoms with Gasteiger partial charge in [0.05, 0.1) is 18.1 Å². The van der Waals surface area contributed by atoms with Gasteiger partial charge in [0.15, 0.2) is 9.84 Å². The van der Waals surface area contributed by atoms with E-state index in [1.807, 2.05) is 24.3 Å². The summed E-state index contributed by atoms with van der Waals surface area (Å²) in [6.07, 6.45) is 0.152. The molecule has 0 saturated carbocycles. The molecule has 1 aliphatic rings. The van der Waals surface area contributed by atoms with Crippen LogP contribution < -0.4 is 10.6 Å². The first-order valence-electron chi connectivity index (χ1n) is 6.88. The van der Waals surface area contributed by atoms with Crippen molar-refractivity contribution < 1.29 is 18.3 Å². The predicted octanol–water partition coefficient (Wildman–Crippen LogP) is -0.428. The van der Waals surface area contributed by atoms with E-state index in [4.69, 9.17) is 5.11 Å². The highest BCUT2D eigenvalue weighted by Crippen LogP contribution is 2.07. The predicted molar refractivity (Wildman–Crippen MR) is 79.3 cm³/mol. The highest BCUT2D eigenvalue weighted by molar-refractivity contribution is 7.91. The highest BCUT2D eigenvalue weighted by Gasteiger charge is 2.25. The number of aliphatic hydroxyl groups is 1. The van der Waals surface area contributed by atoms with Crippen molar-refractivity contribution in [3.8, 4) is 0 Å². The molecule has 1 aromatic rings. The third-order valence-electron chi connectivity index (χ3n) is 3.40. The van der Waals surface area contributed by atoms with Crippen LogP contribution in [0.15, 0.2) is 24.3 Å². The highest BCUT2D eigenvalue weighted by atomic mass is 32.2. The van der Waals surface area contributed by atoms with Crippen LogP contribution >= 0.6 is 0 Å². The molecule has 1 aromatic carbocycles. The topological polar surface area (TPSA) is 95.5 Å². The average Bonchev–Trinajstić information content (AvgIpc) is 2.44. The van der Waals surface area contributed by atoms with Gasteiger partial charge < -0.3 is 15.7 Å². The number of carbonyl (C=O) groups is 1. The first-order valence-corrected chi connectivity index (χ1v) is 8.70. The summed E-state index contributed by atoms with van der Waals surface area (Å²) in [7, 11) is -3.02. The minimum atomic E-state index is -3.02. The smallest absolute Gasteiger partial charge is 0.221 e. The maximum Gasteiger partial charge on any atom is 0.221 e. The second-order valence-electron chi connectivity index (χ2n) is 5.22. The van der Waals surface area contributed by atoms with Crippen LogP contribution in [0.3, 0.4) is 0 Å². The lowest BCUT2D eigenvalue weighted by molar-refractivity contribution is -0.121.